The number of rotatable bonds is 7. The molecule has 1 aliphatic rings. The maximum absolute atomic E-state index is 12.7. The SMILES string of the molecule is CCOC(=O)C1=C(CSCC#N)N=C(C)C(C#N)C1c1cccc([N+](=O)[O-])c1. The molecule has 1 aliphatic heterocycles. The fourth-order valence-corrected chi connectivity index (χ4v) is 3.65. The van der Waals surface area contributed by atoms with Crippen LogP contribution in [0.3, 0.4) is 0 Å². The number of nitro groups is 1. The smallest absolute Gasteiger partial charge is 0.336 e. The number of nitrogens with zero attached hydrogens (tertiary/aromatic N) is 4. The summed E-state index contributed by atoms with van der Waals surface area (Å²) in [7, 11) is 0. The van der Waals surface area contributed by atoms with Crippen molar-refractivity contribution in [3.63, 3.8) is 0 Å². The molecule has 2 rings (SSSR count). The molecule has 1 aromatic carbocycles. The van der Waals surface area contributed by atoms with Crippen molar-refractivity contribution in [3.05, 3.63) is 51.2 Å². The quantitative estimate of drug-likeness (QED) is 0.298. The van der Waals surface area contributed by atoms with Gasteiger partial charge in [-0.15, -0.1) is 11.8 Å². The van der Waals surface area contributed by atoms with E-state index in [1.807, 2.05) is 6.07 Å². The number of benzene rings is 1. The van der Waals surface area contributed by atoms with Gasteiger partial charge in [0, 0.05) is 29.5 Å². The van der Waals surface area contributed by atoms with Gasteiger partial charge in [0.15, 0.2) is 0 Å². The summed E-state index contributed by atoms with van der Waals surface area (Å²) in [6.07, 6.45) is 0. The van der Waals surface area contributed by atoms with Crippen molar-refractivity contribution in [2.45, 2.75) is 19.8 Å². The molecule has 0 radical (unpaired) electrons. The Morgan fingerprint density at radius 3 is 2.79 bits per heavy atom. The Hall–Kier alpha value is -3.17. The van der Waals surface area contributed by atoms with E-state index in [0.29, 0.717) is 22.7 Å². The summed E-state index contributed by atoms with van der Waals surface area (Å²) in [5.74, 6) is -1.59. The van der Waals surface area contributed by atoms with Gasteiger partial charge in [0.25, 0.3) is 5.69 Å². The van der Waals surface area contributed by atoms with Gasteiger partial charge in [-0.05, 0) is 19.4 Å². The molecule has 0 amide bonds. The number of thioether (sulfide) groups is 1. The molecule has 0 saturated carbocycles. The monoisotopic (exact) mass is 398 g/mol. The van der Waals surface area contributed by atoms with Crippen molar-refractivity contribution in [2.24, 2.45) is 10.9 Å². The van der Waals surface area contributed by atoms with Crippen LogP contribution in [0.25, 0.3) is 0 Å². The summed E-state index contributed by atoms with van der Waals surface area (Å²) < 4.78 is 5.19. The third-order valence-corrected chi connectivity index (χ3v) is 5.01. The van der Waals surface area contributed by atoms with Gasteiger partial charge in [-0.1, -0.05) is 12.1 Å². The Labute approximate surface area is 166 Å². The topological polar surface area (TPSA) is 129 Å². The number of esters is 1. The van der Waals surface area contributed by atoms with Crippen molar-refractivity contribution >= 4 is 29.1 Å². The van der Waals surface area contributed by atoms with E-state index in [2.05, 4.69) is 11.1 Å². The lowest BCUT2D eigenvalue weighted by molar-refractivity contribution is -0.384. The summed E-state index contributed by atoms with van der Waals surface area (Å²) in [4.78, 5) is 27.8. The number of carbonyl (C=O) groups is 1. The fraction of sp³-hybridized carbons (Fsp3) is 0.368. The average molecular weight is 398 g/mol. The Morgan fingerprint density at radius 1 is 1.43 bits per heavy atom. The highest BCUT2D eigenvalue weighted by Crippen LogP contribution is 2.40. The molecule has 0 bridgehead atoms. The standard InChI is InChI=1S/C19H18N4O4S/c1-3-27-19(24)18-16(11-28-8-7-20)22-12(2)15(10-21)17(18)13-5-4-6-14(9-13)23(25)26/h4-6,9,15,17H,3,8,11H2,1-2H3. The predicted octanol–water partition coefficient (Wildman–Crippen LogP) is 3.37. The van der Waals surface area contributed by atoms with Crippen LogP contribution >= 0.6 is 11.8 Å². The van der Waals surface area contributed by atoms with Crippen molar-refractivity contribution in [1.82, 2.24) is 0 Å². The normalized spacial score (nSPS) is 18.6. The van der Waals surface area contributed by atoms with Gasteiger partial charge >= 0.3 is 5.97 Å². The molecule has 0 N–H and O–H groups in total. The van der Waals surface area contributed by atoms with Crippen molar-refractivity contribution in [1.29, 1.82) is 10.5 Å². The summed E-state index contributed by atoms with van der Waals surface area (Å²) in [6.45, 7) is 3.50. The highest BCUT2D eigenvalue weighted by atomic mass is 32.2. The van der Waals surface area contributed by atoms with Crippen molar-refractivity contribution in [3.8, 4) is 12.1 Å². The van der Waals surface area contributed by atoms with E-state index in [9.17, 15) is 20.2 Å². The molecule has 0 saturated heterocycles. The maximum Gasteiger partial charge on any atom is 0.336 e. The molecular weight excluding hydrogens is 380 g/mol. The first kappa shape index (κ1) is 21.1. The molecule has 8 nitrogen and oxygen atoms in total. The molecule has 1 aromatic rings. The Morgan fingerprint density at radius 2 is 2.18 bits per heavy atom. The Bertz CT molecular complexity index is 927. The van der Waals surface area contributed by atoms with E-state index in [1.54, 1.807) is 19.9 Å². The highest BCUT2D eigenvalue weighted by Gasteiger charge is 2.39. The van der Waals surface area contributed by atoms with E-state index < -0.39 is 22.7 Å². The van der Waals surface area contributed by atoms with Crippen LogP contribution < -0.4 is 0 Å². The predicted molar refractivity (Wildman–Crippen MR) is 105 cm³/mol. The number of non-ortho nitro benzene ring substituents is 1. The molecule has 144 valence electrons. The largest absolute Gasteiger partial charge is 0.463 e. The van der Waals surface area contributed by atoms with Crippen LogP contribution in [0.4, 0.5) is 5.69 Å². The minimum absolute atomic E-state index is 0.127. The second-order valence-corrected chi connectivity index (χ2v) is 6.91. The van der Waals surface area contributed by atoms with Gasteiger partial charge in [0.05, 0.1) is 46.6 Å². The molecule has 0 aromatic heterocycles. The van der Waals surface area contributed by atoms with E-state index in [0.717, 1.165) is 0 Å². The highest BCUT2D eigenvalue weighted by molar-refractivity contribution is 7.99. The number of nitriles is 2. The molecule has 1 heterocycles. The van der Waals surface area contributed by atoms with Gasteiger partial charge in [-0.2, -0.15) is 10.5 Å². The van der Waals surface area contributed by atoms with Crippen LogP contribution in [0, 0.1) is 38.7 Å². The molecule has 2 atom stereocenters. The summed E-state index contributed by atoms with van der Waals surface area (Å²) in [6, 6.07) is 10.1. The van der Waals surface area contributed by atoms with E-state index in [4.69, 9.17) is 10.00 Å². The first-order chi connectivity index (χ1) is 13.4. The summed E-state index contributed by atoms with van der Waals surface area (Å²) >= 11 is 1.29. The van der Waals surface area contributed by atoms with Gasteiger partial charge in [-0.3, -0.25) is 15.1 Å². The summed E-state index contributed by atoms with van der Waals surface area (Å²) in [5.41, 5.74) is 1.50. The number of hydrogen-bond donors (Lipinski definition) is 0. The zero-order valence-corrected chi connectivity index (χ0v) is 16.2. The minimum atomic E-state index is -0.758. The molecule has 28 heavy (non-hydrogen) atoms. The van der Waals surface area contributed by atoms with E-state index in [1.165, 1.54) is 30.0 Å². The molecule has 0 spiro atoms. The molecule has 0 fully saturated rings. The van der Waals surface area contributed by atoms with Gasteiger partial charge in [0.1, 0.15) is 0 Å². The van der Waals surface area contributed by atoms with Gasteiger partial charge in [-0.25, -0.2) is 4.79 Å². The lowest BCUT2D eigenvalue weighted by Crippen LogP contribution is -2.30. The van der Waals surface area contributed by atoms with Gasteiger partial charge in [0.2, 0.25) is 0 Å². The Balaban J connectivity index is 2.65. The zero-order valence-electron chi connectivity index (χ0n) is 15.4. The van der Waals surface area contributed by atoms with Crippen LogP contribution in [0.15, 0.2) is 40.5 Å². The molecule has 2 unspecified atom stereocenters. The molecule has 0 aliphatic carbocycles. The number of hydrogen-bond acceptors (Lipinski definition) is 8. The third-order valence-electron chi connectivity index (χ3n) is 4.20. The fourth-order valence-electron chi connectivity index (χ4n) is 3.05. The molecule has 9 heteroatoms. The first-order valence-corrected chi connectivity index (χ1v) is 9.64. The number of carbonyl (C=O) groups excluding carboxylic acids is 1. The minimum Gasteiger partial charge on any atom is -0.463 e. The van der Waals surface area contributed by atoms with Crippen LogP contribution in [0.1, 0.15) is 25.3 Å². The van der Waals surface area contributed by atoms with Crippen LogP contribution in [-0.2, 0) is 9.53 Å². The van der Waals surface area contributed by atoms with Crippen LogP contribution in [-0.4, -0.2) is 34.7 Å². The molecular formula is C19H18N4O4S. The number of nitro benzene ring substituents is 1. The second-order valence-electron chi connectivity index (χ2n) is 5.92. The lowest BCUT2D eigenvalue weighted by Gasteiger charge is -2.29. The number of aliphatic imine (C=N–C) groups is 1. The Kier molecular flexibility index (Phi) is 7.30. The second kappa shape index (κ2) is 9.67. The third kappa shape index (κ3) is 4.56. The van der Waals surface area contributed by atoms with E-state index in [-0.39, 0.29) is 23.6 Å². The van der Waals surface area contributed by atoms with Crippen molar-refractivity contribution in [2.75, 3.05) is 18.1 Å². The average Bonchev–Trinajstić information content (AvgIpc) is 2.67. The van der Waals surface area contributed by atoms with Crippen LogP contribution in [0.2, 0.25) is 0 Å². The summed E-state index contributed by atoms with van der Waals surface area (Å²) in [5, 5.41) is 29.7. The van der Waals surface area contributed by atoms with Gasteiger partial charge < -0.3 is 4.74 Å². The number of ether oxygens (including phenoxy) is 1. The first-order valence-electron chi connectivity index (χ1n) is 8.48. The van der Waals surface area contributed by atoms with E-state index >= 15 is 0 Å². The van der Waals surface area contributed by atoms with Crippen LogP contribution in [0.5, 0.6) is 0 Å². The van der Waals surface area contributed by atoms with Crippen molar-refractivity contribution < 1.29 is 14.5 Å². The zero-order chi connectivity index (χ0) is 20.7. The lowest BCUT2D eigenvalue weighted by atomic mass is 9.76. The maximum atomic E-state index is 12.7.